The van der Waals surface area contributed by atoms with Gasteiger partial charge in [0, 0.05) is 23.3 Å². The molecule has 6 heteroatoms. The van der Waals surface area contributed by atoms with Crippen molar-refractivity contribution in [1.82, 2.24) is 4.98 Å². The van der Waals surface area contributed by atoms with Gasteiger partial charge in [-0.05, 0) is 30.2 Å². The number of carbonyl (C=O) groups is 2. The lowest BCUT2D eigenvalue weighted by molar-refractivity contribution is -0.115. The smallest absolute Gasteiger partial charge is 0.341 e. The second-order valence-corrected chi connectivity index (χ2v) is 6.40. The minimum Gasteiger partial charge on any atom is -0.462 e. The zero-order chi connectivity index (χ0) is 18.4. The third kappa shape index (κ3) is 4.15. The number of pyridine rings is 1. The molecule has 0 spiro atoms. The summed E-state index contributed by atoms with van der Waals surface area (Å²) in [6.07, 6.45) is 3.57. The summed E-state index contributed by atoms with van der Waals surface area (Å²) in [5.74, 6) is -0.625. The van der Waals surface area contributed by atoms with Crippen molar-refractivity contribution >= 4 is 28.2 Å². The van der Waals surface area contributed by atoms with E-state index >= 15 is 0 Å². The lowest BCUT2D eigenvalue weighted by Gasteiger charge is -2.09. The van der Waals surface area contributed by atoms with E-state index in [1.54, 1.807) is 19.3 Å². The highest BCUT2D eigenvalue weighted by Crippen LogP contribution is 2.36. The highest BCUT2D eigenvalue weighted by Gasteiger charge is 2.22. The van der Waals surface area contributed by atoms with Gasteiger partial charge in [-0.1, -0.05) is 30.3 Å². The van der Waals surface area contributed by atoms with Crippen molar-refractivity contribution in [2.45, 2.75) is 13.3 Å². The zero-order valence-corrected chi connectivity index (χ0v) is 15.1. The van der Waals surface area contributed by atoms with Crippen molar-refractivity contribution in [3.63, 3.8) is 0 Å². The van der Waals surface area contributed by atoms with Crippen LogP contribution >= 0.6 is 11.3 Å². The number of nitrogens with one attached hydrogen (secondary N) is 1. The van der Waals surface area contributed by atoms with Gasteiger partial charge in [-0.3, -0.25) is 9.78 Å². The first kappa shape index (κ1) is 17.8. The number of aromatic nitrogens is 1. The molecule has 1 N–H and O–H groups in total. The van der Waals surface area contributed by atoms with Crippen LogP contribution in [-0.4, -0.2) is 23.5 Å². The van der Waals surface area contributed by atoms with Crippen LogP contribution in [0.5, 0.6) is 0 Å². The Morgan fingerprint density at radius 3 is 2.54 bits per heavy atom. The number of ether oxygens (including phenoxy) is 1. The Bertz CT molecular complexity index is 892. The van der Waals surface area contributed by atoms with E-state index in [-0.39, 0.29) is 18.9 Å². The topological polar surface area (TPSA) is 68.3 Å². The average molecular weight is 366 g/mol. The van der Waals surface area contributed by atoms with E-state index in [4.69, 9.17) is 4.74 Å². The number of anilines is 1. The first-order chi connectivity index (χ1) is 12.7. The van der Waals surface area contributed by atoms with Crippen LogP contribution in [0.15, 0.2) is 60.2 Å². The lowest BCUT2D eigenvalue weighted by Crippen LogP contribution is -2.16. The third-order valence-electron chi connectivity index (χ3n) is 3.72. The van der Waals surface area contributed by atoms with Crippen LogP contribution < -0.4 is 5.32 Å². The van der Waals surface area contributed by atoms with Crippen molar-refractivity contribution in [3.05, 3.63) is 71.4 Å². The number of carbonyl (C=O) groups excluding carboxylic acids is 2. The number of esters is 1. The van der Waals surface area contributed by atoms with Crippen LogP contribution in [0.1, 0.15) is 22.8 Å². The molecule has 132 valence electrons. The van der Waals surface area contributed by atoms with E-state index < -0.39 is 5.97 Å². The van der Waals surface area contributed by atoms with Crippen LogP contribution in [0.2, 0.25) is 0 Å². The normalized spacial score (nSPS) is 10.3. The molecule has 1 amide bonds. The van der Waals surface area contributed by atoms with Gasteiger partial charge < -0.3 is 10.1 Å². The van der Waals surface area contributed by atoms with E-state index in [0.29, 0.717) is 10.6 Å². The van der Waals surface area contributed by atoms with Gasteiger partial charge in [0.25, 0.3) is 0 Å². The zero-order valence-electron chi connectivity index (χ0n) is 14.3. The quantitative estimate of drug-likeness (QED) is 0.665. The van der Waals surface area contributed by atoms with Crippen LogP contribution in [0.3, 0.4) is 0 Å². The molecule has 0 saturated heterocycles. The number of rotatable bonds is 6. The molecule has 1 aromatic carbocycles. The third-order valence-corrected chi connectivity index (χ3v) is 4.62. The summed E-state index contributed by atoms with van der Waals surface area (Å²) in [4.78, 5) is 28.9. The number of benzene rings is 1. The molecule has 3 aromatic rings. The predicted molar refractivity (Wildman–Crippen MR) is 102 cm³/mol. The molecular formula is C20H18N2O3S. The molecule has 2 heterocycles. The first-order valence-electron chi connectivity index (χ1n) is 8.21. The molecule has 0 fully saturated rings. The first-order valence-corrected chi connectivity index (χ1v) is 9.09. The second-order valence-electron chi connectivity index (χ2n) is 5.52. The van der Waals surface area contributed by atoms with Crippen molar-refractivity contribution < 1.29 is 14.3 Å². The number of amides is 1. The summed E-state index contributed by atoms with van der Waals surface area (Å²) in [5, 5.41) is 5.20. The molecule has 0 aliphatic heterocycles. The fourth-order valence-electron chi connectivity index (χ4n) is 2.55. The molecule has 5 nitrogen and oxygen atoms in total. The van der Waals surface area contributed by atoms with E-state index in [0.717, 1.165) is 16.7 Å². The van der Waals surface area contributed by atoms with Gasteiger partial charge in [0.15, 0.2) is 0 Å². The number of hydrogen-bond donors (Lipinski definition) is 1. The van der Waals surface area contributed by atoms with Crippen molar-refractivity contribution in [2.24, 2.45) is 0 Å². The van der Waals surface area contributed by atoms with Crippen molar-refractivity contribution in [2.75, 3.05) is 11.9 Å². The maximum Gasteiger partial charge on any atom is 0.341 e. The number of hydrogen-bond acceptors (Lipinski definition) is 5. The van der Waals surface area contributed by atoms with E-state index in [2.05, 4.69) is 10.3 Å². The SMILES string of the molecule is CCOC(=O)c1c(-c2ccncc2)csc1NC(=O)Cc1ccccc1. The summed E-state index contributed by atoms with van der Waals surface area (Å²) in [5.41, 5.74) is 2.87. The summed E-state index contributed by atoms with van der Waals surface area (Å²) in [6.45, 7) is 2.02. The molecule has 0 bridgehead atoms. The minimum absolute atomic E-state index is 0.176. The Balaban J connectivity index is 1.88. The van der Waals surface area contributed by atoms with Crippen LogP contribution in [0.4, 0.5) is 5.00 Å². The van der Waals surface area contributed by atoms with Gasteiger partial charge in [-0.2, -0.15) is 0 Å². The molecule has 26 heavy (non-hydrogen) atoms. The Labute approximate surface area is 155 Å². The molecule has 0 saturated carbocycles. The van der Waals surface area contributed by atoms with Gasteiger partial charge >= 0.3 is 5.97 Å². The second kappa shape index (κ2) is 8.40. The molecular weight excluding hydrogens is 348 g/mol. The van der Waals surface area contributed by atoms with Gasteiger partial charge in [0.2, 0.25) is 5.91 Å². The van der Waals surface area contributed by atoms with Gasteiger partial charge in [0.05, 0.1) is 13.0 Å². The van der Waals surface area contributed by atoms with Crippen LogP contribution in [0, 0.1) is 0 Å². The molecule has 3 rings (SSSR count). The highest BCUT2D eigenvalue weighted by molar-refractivity contribution is 7.15. The van der Waals surface area contributed by atoms with E-state index in [1.807, 2.05) is 47.8 Å². The molecule has 0 atom stereocenters. The molecule has 0 unspecified atom stereocenters. The van der Waals surface area contributed by atoms with Gasteiger partial charge in [-0.25, -0.2) is 4.79 Å². The number of thiophene rings is 1. The Morgan fingerprint density at radius 2 is 1.85 bits per heavy atom. The molecule has 0 radical (unpaired) electrons. The summed E-state index contributed by atoms with van der Waals surface area (Å²) < 4.78 is 5.19. The summed E-state index contributed by atoms with van der Waals surface area (Å²) >= 11 is 1.31. The Hall–Kier alpha value is -2.99. The largest absolute Gasteiger partial charge is 0.462 e. The lowest BCUT2D eigenvalue weighted by atomic mass is 10.1. The molecule has 0 aliphatic carbocycles. The molecule has 0 aliphatic rings. The Kier molecular flexibility index (Phi) is 5.76. The van der Waals surface area contributed by atoms with Gasteiger partial charge in [-0.15, -0.1) is 11.3 Å². The highest BCUT2D eigenvalue weighted by atomic mass is 32.1. The number of nitrogens with zero attached hydrogens (tertiary/aromatic N) is 1. The minimum atomic E-state index is -0.449. The van der Waals surface area contributed by atoms with E-state index in [1.165, 1.54) is 11.3 Å². The van der Waals surface area contributed by atoms with Crippen molar-refractivity contribution in [3.8, 4) is 11.1 Å². The fourth-order valence-corrected chi connectivity index (χ4v) is 3.53. The average Bonchev–Trinajstić information content (AvgIpc) is 3.07. The van der Waals surface area contributed by atoms with Crippen LogP contribution in [-0.2, 0) is 16.0 Å². The summed E-state index contributed by atoms with van der Waals surface area (Å²) in [6, 6.07) is 13.1. The van der Waals surface area contributed by atoms with E-state index in [9.17, 15) is 9.59 Å². The fraction of sp³-hybridized carbons (Fsp3) is 0.150. The monoisotopic (exact) mass is 366 g/mol. The maximum atomic E-state index is 12.5. The predicted octanol–water partition coefficient (Wildman–Crippen LogP) is 4.17. The van der Waals surface area contributed by atoms with Crippen LogP contribution in [0.25, 0.3) is 11.1 Å². The van der Waals surface area contributed by atoms with Crippen molar-refractivity contribution in [1.29, 1.82) is 0 Å². The standard InChI is InChI=1S/C20H18N2O3S/c1-2-25-20(24)18-16(15-8-10-21-11-9-15)13-26-19(18)22-17(23)12-14-6-4-3-5-7-14/h3-11,13H,2,12H2,1H3,(H,22,23). The Morgan fingerprint density at radius 1 is 1.12 bits per heavy atom. The summed E-state index contributed by atoms with van der Waals surface area (Å²) in [7, 11) is 0. The molecule has 2 aromatic heterocycles. The van der Waals surface area contributed by atoms with Gasteiger partial charge in [0.1, 0.15) is 10.6 Å². The maximum absolute atomic E-state index is 12.5.